The first kappa shape index (κ1) is 22.7. The van der Waals surface area contributed by atoms with Gasteiger partial charge in [0.15, 0.2) is 5.52 Å². The average molecular weight is 465 g/mol. The number of rotatable bonds is 5. The molecule has 0 aliphatic carbocycles. The van der Waals surface area contributed by atoms with E-state index in [1.165, 1.54) is 0 Å². The van der Waals surface area contributed by atoms with Gasteiger partial charge in [0.05, 0.1) is 6.20 Å². The van der Waals surface area contributed by atoms with Gasteiger partial charge in [-0.25, -0.2) is 9.50 Å². The van der Waals surface area contributed by atoms with E-state index in [0.29, 0.717) is 37.0 Å². The summed E-state index contributed by atoms with van der Waals surface area (Å²) in [6.07, 6.45) is 3.41. The zero-order valence-electron chi connectivity index (χ0n) is 20.0. The first-order valence-corrected chi connectivity index (χ1v) is 12.0. The molecule has 2 unspecified atom stereocenters. The first-order valence-electron chi connectivity index (χ1n) is 12.0. The molecule has 1 amide bonds. The maximum atomic E-state index is 12.9. The summed E-state index contributed by atoms with van der Waals surface area (Å²) in [6, 6.07) is 7.79. The molecule has 0 radical (unpaired) electrons. The van der Waals surface area contributed by atoms with E-state index in [0.717, 1.165) is 42.9 Å². The third-order valence-corrected chi connectivity index (χ3v) is 7.12. The summed E-state index contributed by atoms with van der Waals surface area (Å²) in [6.45, 7) is 5.93. The Morgan fingerprint density at radius 1 is 1.21 bits per heavy atom. The summed E-state index contributed by atoms with van der Waals surface area (Å²) in [7, 11) is 3.55. The Bertz CT molecular complexity index is 1240. The topological polar surface area (TPSA) is 95.8 Å². The lowest BCUT2D eigenvalue weighted by atomic mass is 9.97. The van der Waals surface area contributed by atoms with Crippen molar-refractivity contribution in [1.29, 1.82) is 0 Å². The molecule has 0 bridgehead atoms. The third-order valence-electron chi connectivity index (χ3n) is 7.12. The summed E-state index contributed by atoms with van der Waals surface area (Å²) in [5, 5.41) is 4.88. The predicted octanol–water partition coefficient (Wildman–Crippen LogP) is 2.25. The number of nitrogens with zero attached hydrogens (tertiary/aromatic N) is 5. The summed E-state index contributed by atoms with van der Waals surface area (Å²) in [5.74, 6) is 2.23. The lowest BCUT2D eigenvalue weighted by Crippen LogP contribution is -2.26. The molecule has 9 nitrogen and oxygen atoms in total. The Labute approximate surface area is 198 Å². The Balaban J connectivity index is 1.40. The van der Waals surface area contributed by atoms with E-state index in [1.807, 2.05) is 24.3 Å². The number of hydrogen-bond donors (Lipinski definition) is 1. The molecule has 5 rings (SSSR count). The second-order valence-corrected chi connectivity index (χ2v) is 9.77. The molecule has 1 N–H and O–H groups in total. The molecule has 0 spiro atoms. The van der Waals surface area contributed by atoms with E-state index in [-0.39, 0.29) is 23.3 Å². The largest absolute Gasteiger partial charge is 0.381 e. The standard InChI is InChI=1S/C25H32N6O3/c1-16-13-30(14-18-6-4-5-7-19(18)25(33)29(2)3)15-20(16)22-27-24(32)21-12-26-23(31(21)28-22)17-8-10-34-11-9-17/h4-7,12,16-17,20H,8-11,13-15H2,1-3H3,(H,27,28,32). The molecule has 1 aromatic carbocycles. The maximum Gasteiger partial charge on any atom is 0.276 e. The van der Waals surface area contributed by atoms with Crippen molar-refractivity contribution in [3.05, 3.63) is 63.6 Å². The second-order valence-electron chi connectivity index (χ2n) is 9.77. The van der Waals surface area contributed by atoms with Crippen molar-refractivity contribution in [2.45, 2.75) is 38.1 Å². The van der Waals surface area contributed by atoms with Crippen LogP contribution in [0.2, 0.25) is 0 Å². The normalized spacial score (nSPS) is 21.9. The number of hydrogen-bond acceptors (Lipinski definition) is 6. The fraction of sp³-hybridized carbons (Fsp3) is 0.520. The fourth-order valence-electron chi connectivity index (χ4n) is 5.23. The van der Waals surface area contributed by atoms with Gasteiger partial charge in [0.25, 0.3) is 11.5 Å². The third kappa shape index (κ3) is 4.25. The maximum absolute atomic E-state index is 12.9. The number of aromatic amines is 1. The van der Waals surface area contributed by atoms with Gasteiger partial charge in [-0.05, 0) is 30.4 Å². The molecule has 3 aromatic rings. The molecule has 2 aromatic heterocycles. The lowest BCUT2D eigenvalue weighted by Gasteiger charge is -2.21. The number of aromatic nitrogens is 4. The van der Waals surface area contributed by atoms with E-state index in [4.69, 9.17) is 9.84 Å². The van der Waals surface area contributed by atoms with Crippen molar-refractivity contribution in [3.63, 3.8) is 0 Å². The fourth-order valence-corrected chi connectivity index (χ4v) is 5.23. The van der Waals surface area contributed by atoms with E-state index in [2.05, 4.69) is 21.8 Å². The zero-order valence-corrected chi connectivity index (χ0v) is 20.0. The minimum absolute atomic E-state index is 0.0107. The predicted molar refractivity (Wildman–Crippen MR) is 128 cm³/mol. The van der Waals surface area contributed by atoms with Crippen molar-refractivity contribution in [2.24, 2.45) is 5.92 Å². The Morgan fingerprint density at radius 2 is 1.97 bits per heavy atom. The highest BCUT2D eigenvalue weighted by Gasteiger charge is 2.34. The van der Waals surface area contributed by atoms with Crippen LogP contribution in [0.25, 0.3) is 5.52 Å². The Kier molecular flexibility index (Phi) is 6.22. The van der Waals surface area contributed by atoms with Gasteiger partial charge < -0.3 is 14.6 Å². The van der Waals surface area contributed by atoms with Crippen molar-refractivity contribution in [3.8, 4) is 0 Å². The van der Waals surface area contributed by atoms with Crippen LogP contribution >= 0.6 is 0 Å². The number of ether oxygens (including phenoxy) is 1. The number of benzene rings is 1. The summed E-state index contributed by atoms with van der Waals surface area (Å²) in [5.41, 5.74) is 2.09. The van der Waals surface area contributed by atoms with Gasteiger partial charge in [-0.3, -0.25) is 14.5 Å². The van der Waals surface area contributed by atoms with Crippen LogP contribution in [0.3, 0.4) is 0 Å². The van der Waals surface area contributed by atoms with Gasteiger partial charge in [0.2, 0.25) is 0 Å². The molecule has 0 saturated carbocycles. The molecule has 180 valence electrons. The molecule has 4 heterocycles. The second kappa shape index (κ2) is 9.31. The van der Waals surface area contributed by atoms with Crippen molar-refractivity contribution < 1.29 is 9.53 Å². The first-order chi connectivity index (χ1) is 16.4. The highest BCUT2D eigenvalue weighted by atomic mass is 16.5. The molecule has 9 heteroatoms. The van der Waals surface area contributed by atoms with Crippen molar-refractivity contribution >= 4 is 11.4 Å². The molecule has 2 saturated heterocycles. The molecule has 2 fully saturated rings. The smallest absolute Gasteiger partial charge is 0.276 e. The van der Waals surface area contributed by atoms with Gasteiger partial charge >= 0.3 is 0 Å². The van der Waals surface area contributed by atoms with Crippen molar-refractivity contribution in [1.82, 2.24) is 29.4 Å². The van der Waals surface area contributed by atoms with Crippen LogP contribution in [0.15, 0.2) is 35.3 Å². The number of likely N-dealkylation sites (tertiary alicyclic amines) is 1. The van der Waals surface area contributed by atoms with Gasteiger partial charge in [0, 0.05) is 64.3 Å². The number of fused-ring (bicyclic) bond motifs is 1. The van der Waals surface area contributed by atoms with Crippen LogP contribution < -0.4 is 5.56 Å². The molecule has 34 heavy (non-hydrogen) atoms. The lowest BCUT2D eigenvalue weighted by molar-refractivity contribution is 0.0824. The summed E-state index contributed by atoms with van der Waals surface area (Å²) >= 11 is 0. The molecular weight excluding hydrogens is 432 g/mol. The number of imidazole rings is 1. The summed E-state index contributed by atoms with van der Waals surface area (Å²) < 4.78 is 7.25. The van der Waals surface area contributed by atoms with Gasteiger partial charge in [-0.2, -0.15) is 5.10 Å². The van der Waals surface area contributed by atoms with Crippen LogP contribution in [0.4, 0.5) is 0 Å². The van der Waals surface area contributed by atoms with Crippen LogP contribution in [-0.2, 0) is 11.3 Å². The highest BCUT2D eigenvalue weighted by molar-refractivity contribution is 5.95. The van der Waals surface area contributed by atoms with Crippen LogP contribution in [0.5, 0.6) is 0 Å². The molecular formula is C25H32N6O3. The minimum atomic E-state index is -0.150. The van der Waals surface area contributed by atoms with Crippen LogP contribution in [0.1, 0.15) is 59.2 Å². The quantitative estimate of drug-likeness (QED) is 0.622. The van der Waals surface area contributed by atoms with E-state index >= 15 is 0 Å². The zero-order chi connectivity index (χ0) is 23.8. The number of carbonyl (C=O) groups is 1. The van der Waals surface area contributed by atoms with Gasteiger partial charge in [0.1, 0.15) is 11.6 Å². The Morgan fingerprint density at radius 3 is 2.74 bits per heavy atom. The Hall–Kier alpha value is -3.04. The van der Waals surface area contributed by atoms with Crippen molar-refractivity contribution in [2.75, 3.05) is 40.4 Å². The number of nitrogens with one attached hydrogen (secondary N) is 1. The van der Waals surface area contributed by atoms with Gasteiger partial charge in [-0.1, -0.05) is 25.1 Å². The van der Waals surface area contributed by atoms with E-state index < -0.39 is 0 Å². The highest BCUT2D eigenvalue weighted by Crippen LogP contribution is 2.32. The van der Waals surface area contributed by atoms with Crippen LogP contribution in [-0.4, -0.2) is 75.7 Å². The van der Waals surface area contributed by atoms with Gasteiger partial charge in [-0.15, -0.1) is 0 Å². The molecule has 2 atom stereocenters. The van der Waals surface area contributed by atoms with E-state index in [9.17, 15) is 9.59 Å². The molecule has 2 aliphatic rings. The molecule has 2 aliphatic heterocycles. The summed E-state index contributed by atoms with van der Waals surface area (Å²) in [4.78, 5) is 37.0. The minimum Gasteiger partial charge on any atom is -0.381 e. The van der Waals surface area contributed by atoms with E-state index in [1.54, 1.807) is 29.7 Å². The average Bonchev–Trinajstić information content (AvgIpc) is 3.43. The number of H-pyrrole nitrogens is 1. The number of carbonyl (C=O) groups excluding carboxylic acids is 1. The monoisotopic (exact) mass is 464 g/mol. The SMILES string of the molecule is CC1CN(Cc2ccccc2C(=O)N(C)C)CC1c1nn2c(C3CCOCC3)ncc2c(=O)[nH]1. The number of amides is 1. The van der Waals surface area contributed by atoms with Crippen LogP contribution in [0, 0.1) is 5.92 Å².